The van der Waals surface area contributed by atoms with Crippen molar-refractivity contribution in [1.82, 2.24) is 9.55 Å². The molecule has 2 rings (SSSR count). The maximum Gasteiger partial charge on any atom is 0.331 e. The molecule has 1 aromatic heterocycles. The fourth-order valence-electron chi connectivity index (χ4n) is 2.17. The van der Waals surface area contributed by atoms with E-state index in [0.717, 1.165) is 17.6 Å². The second-order valence-electron chi connectivity index (χ2n) is 7.79. The second kappa shape index (κ2) is 6.21. The minimum atomic E-state index is -3.20. The molecule has 0 unspecified atom stereocenters. The summed E-state index contributed by atoms with van der Waals surface area (Å²) in [5.74, 6) is -3.74. The highest BCUT2D eigenvalue weighted by Gasteiger charge is 2.46. The summed E-state index contributed by atoms with van der Waals surface area (Å²) in [6, 6.07) is 1.14. The lowest BCUT2D eigenvalue weighted by molar-refractivity contribution is -0.0572. The molecule has 140 valence electrons. The highest BCUT2D eigenvalue weighted by atomic mass is 28.4. The van der Waals surface area contributed by atoms with Gasteiger partial charge in [-0.25, -0.2) is 4.79 Å². The lowest BCUT2D eigenvalue weighted by Crippen LogP contribution is -2.46. The zero-order valence-corrected chi connectivity index (χ0v) is 16.2. The van der Waals surface area contributed by atoms with Crippen LogP contribution in [0.1, 0.15) is 33.9 Å². The van der Waals surface area contributed by atoms with Crippen LogP contribution in [-0.2, 0) is 9.16 Å². The Balaban J connectivity index is 2.44. The van der Waals surface area contributed by atoms with Gasteiger partial charge in [-0.2, -0.15) is 8.78 Å². The zero-order chi connectivity index (χ0) is 19.2. The van der Waals surface area contributed by atoms with Gasteiger partial charge in [-0.05, 0) is 24.2 Å². The van der Waals surface area contributed by atoms with Gasteiger partial charge >= 0.3 is 11.6 Å². The van der Waals surface area contributed by atoms with E-state index in [1.807, 2.05) is 33.9 Å². The quantitative estimate of drug-likeness (QED) is 0.823. The number of allylic oxidation sites excluding steroid dienone is 1. The number of aromatic nitrogens is 2. The highest BCUT2D eigenvalue weighted by molar-refractivity contribution is 6.74. The van der Waals surface area contributed by atoms with E-state index in [0.29, 0.717) is 0 Å². The molecule has 0 radical (unpaired) electrons. The number of alkyl halides is 2. The summed E-state index contributed by atoms with van der Waals surface area (Å²) in [5.41, 5.74) is -1.31. The number of nitrogens with zero attached hydrogens (tertiary/aromatic N) is 1. The third-order valence-corrected chi connectivity index (χ3v) is 9.11. The molecule has 0 spiro atoms. The standard InChI is InChI=1S/C16H24F2N2O4Si/c1-15(2,3)25(5,6)24-10-9-11(16(4,17)18)23-13(10)20-8-7-12(21)19-14(20)22/h7-10,13H,1-6H3,(H,19,21,22)/t10-,13-/m1/s1. The minimum absolute atomic E-state index is 0.154. The molecule has 1 aliphatic rings. The maximum atomic E-state index is 13.7. The molecule has 0 saturated carbocycles. The normalized spacial score (nSPS) is 21.8. The largest absolute Gasteiger partial charge is 0.465 e. The van der Waals surface area contributed by atoms with Crippen LogP contribution in [-0.4, -0.2) is 29.9 Å². The molecule has 2 atom stereocenters. The predicted octanol–water partition coefficient (Wildman–Crippen LogP) is 2.99. The van der Waals surface area contributed by atoms with Crippen molar-refractivity contribution in [3.05, 3.63) is 44.9 Å². The van der Waals surface area contributed by atoms with Gasteiger partial charge in [-0.15, -0.1) is 0 Å². The first-order valence-corrected chi connectivity index (χ1v) is 10.9. The average Bonchev–Trinajstić information content (AvgIpc) is 2.80. The molecular formula is C16H24F2N2O4Si. The van der Waals surface area contributed by atoms with Crippen molar-refractivity contribution in [1.29, 1.82) is 0 Å². The Morgan fingerprint density at radius 1 is 1.24 bits per heavy atom. The molecule has 0 bridgehead atoms. The van der Waals surface area contributed by atoms with Crippen LogP contribution in [0.25, 0.3) is 0 Å². The van der Waals surface area contributed by atoms with E-state index in [2.05, 4.69) is 4.98 Å². The summed E-state index contributed by atoms with van der Waals surface area (Å²) in [5, 5.41) is -0.154. The van der Waals surface area contributed by atoms with Crippen molar-refractivity contribution in [2.75, 3.05) is 0 Å². The molecule has 1 aliphatic heterocycles. The summed E-state index contributed by atoms with van der Waals surface area (Å²) < 4.78 is 40.1. The molecule has 25 heavy (non-hydrogen) atoms. The van der Waals surface area contributed by atoms with Crippen LogP contribution in [0.3, 0.4) is 0 Å². The predicted molar refractivity (Wildman–Crippen MR) is 92.2 cm³/mol. The average molecular weight is 374 g/mol. The first-order chi connectivity index (χ1) is 11.2. The Bertz CT molecular complexity index is 787. The summed E-state index contributed by atoms with van der Waals surface area (Å²) in [6.07, 6.45) is 0.492. The molecule has 0 aliphatic carbocycles. The number of nitrogens with one attached hydrogen (secondary N) is 1. The van der Waals surface area contributed by atoms with Gasteiger partial charge in [0.05, 0.1) is 0 Å². The van der Waals surface area contributed by atoms with Crippen molar-refractivity contribution in [3.63, 3.8) is 0 Å². The summed E-state index contributed by atoms with van der Waals surface area (Å²) in [6.45, 7) is 10.8. The number of H-pyrrole nitrogens is 1. The molecule has 0 fully saturated rings. The number of rotatable bonds is 4. The first kappa shape index (κ1) is 19.6. The molecule has 6 nitrogen and oxygen atoms in total. The Kier molecular flexibility index (Phi) is 4.86. The van der Waals surface area contributed by atoms with Gasteiger partial charge in [-0.1, -0.05) is 20.8 Å². The van der Waals surface area contributed by atoms with E-state index in [1.165, 1.54) is 12.3 Å². The molecule has 9 heteroatoms. The van der Waals surface area contributed by atoms with E-state index >= 15 is 0 Å². The monoisotopic (exact) mass is 374 g/mol. The van der Waals surface area contributed by atoms with Crippen LogP contribution in [0, 0.1) is 0 Å². The van der Waals surface area contributed by atoms with Crippen LogP contribution < -0.4 is 11.2 Å². The minimum Gasteiger partial charge on any atom is -0.465 e. The number of halogens is 2. The molecular weight excluding hydrogens is 350 g/mol. The Labute approximate surface area is 145 Å². The van der Waals surface area contributed by atoms with Crippen molar-refractivity contribution in [2.24, 2.45) is 0 Å². The number of hydrogen-bond acceptors (Lipinski definition) is 4. The summed E-state index contributed by atoms with van der Waals surface area (Å²) in [7, 11) is -2.32. The molecule has 1 aromatic rings. The summed E-state index contributed by atoms with van der Waals surface area (Å²) >= 11 is 0. The van der Waals surface area contributed by atoms with Crippen LogP contribution in [0.15, 0.2) is 33.7 Å². The van der Waals surface area contributed by atoms with E-state index < -0.39 is 43.6 Å². The lowest BCUT2D eigenvalue weighted by Gasteiger charge is -2.39. The lowest BCUT2D eigenvalue weighted by atomic mass is 10.2. The third kappa shape index (κ3) is 4.09. The topological polar surface area (TPSA) is 73.3 Å². The third-order valence-electron chi connectivity index (χ3n) is 4.64. The maximum absolute atomic E-state index is 13.7. The van der Waals surface area contributed by atoms with Gasteiger partial charge < -0.3 is 9.16 Å². The number of hydrogen-bond donors (Lipinski definition) is 1. The van der Waals surface area contributed by atoms with Gasteiger partial charge in [0.15, 0.2) is 14.1 Å². The smallest absolute Gasteiger partial charge is 0.331 e. The zero-order valence-electron chi connectivity index (χ0n) is 15.2. The first-order valence-electron chi connectivity index (χ1n) is 7.98. The van der Waals surface area contributed by atoms with Crippen molar-refractivity contribution in [2.45, 2.75) is 64.1 Å². The van der Waals surface area contributed by atoms with Crippen LogP contribution in [0.4, 0.5) is 8.78 Å². The van der Waals surface area contributed by atoms with E-state index in [4.69, 9.17) is 9.16 Å². The fraction of sp³-hybridized carbons (Fsp3) is 0.625. The fourth-order valence-corrected chi connectivity index (χ4v) is 3.39. The molecule has 0 amide bonds. The Hall–Kier alpha value is -1.74. The van der Waals surface area contributed by atoms with Gasteiger partial charge in [0.1, 0.15) is 6.10 Å². The van der Waals surface area contributed by atoms with E-state index in [1.54, 1.807) is 0 Å². The van der Waals surface area contributed by atoms with E-state index in [9.17, 15) is 18.4 Å². The van der Waals surface area contributed by atoms with Crippen LogP contribution >= 0.6 is 0 Å². The van der Waals surface area contributed by atoms with Gasteiger partial charge in [-0.3, -0.25) is 14.3 Å². The van der Waals surface area contributed by atoms with Crippen molar-refractivity contribution in [3.8, 4) is 0 Å². The van der Waals surface area contributed by atoms with Crippen LogP contribution in [0.2, 0.25) is 18.1 Å². The summed E-state index contributed by atoms with van der Waals surface area (Å²) in [4.78, 5) is 25.4. The Morgan fingerprint density at radius 3 is 2.32 bits per heavy atom. The van der Waals surface area contributed by atoms with Gasteiger partial charge in [0.2, 0.25) is 6.23 Å². The molecule has 2 heterocycles. The molecule has 1 N–H and O–H groups in total. The molecule has 0 aromatic carbocycles. The van der Waals surface area contributed by atoms with Crippen molar-refractivity contribution >= 4 is 8.32 Å². The number of ether oxygens (including phenoxy) is 1. The SMILES string of the molecule is CC(F)(F)C1=C[C@@H](O[Si](C)(C)C(C)(C)C)[C@H](n2ccc(=O)[nH]c2=O)O1. The van der Waals surface area contributed by atoms with Crippen molar-refractivity contribution < 1.29 is 17.9 Å². The van der Waals surface area contributed by atoms with Crippen LogP contribution in [0.5, 0.6) is 0 Å². The van der Waals surface area contributed by atoms with E-state index in [-0.39, 0.29) is 5.04 Å². The second-order valence-corrected chi connectivity index (χ2v) is 12.5. The number of aromatic amines is 1. The Morgan fingerprint density at radius 2 is 1.84 bits per heavy atom. The van der Waals surface area contributed by atoms with Gasteiger partial charge in [0, 0.05) is 19.2 Å². The molecule has 0 saturated heterocycles. The highest BCUT2D eigenvalue weighted by Crippen LogP contribution is 2.42. The van der Waals surface area contributed by atoms with Gasteiger partial charge in [0.25, 0.3) is 5.56 Å².